The molecule has 2 saturated carbocycles. The third-order valence-corrected chi connectivity index (χ3v) is 6.45. The van der Waals surface area contributed by atoms with Crippen molar-refractivity contribution >= 4 is 17.6 Å². The molecule has 0 aromatic rings. The average Bonchev–Trinajstić information content (AvgIpc) is 3.07. The van der Waals surface area contributed by atoms with Gasteiger partial charge in [0, 0.05) is 11.8 Å². The van der Waals surface area contributed by atoms with Gasteiger partial charge in [0.15, 0.2) is 0 Å². The lowest BCUT2D eigenvalue weighted by Gasteiger charge is -2.47. The first-order chi connectivity index (χ1) is 8.99. The molecule has 0 aromatic heterocycles. The normalized spacial score (nSPS) is 50.3. The van der Waals surface area contributed by atoms with Crippen LogP contribution in [0, 0.1) is 23.2 Å². The molecule has 3 nitrogen and oxygen atoms in total. The van der Waals surface area contributed by atoms with Crippen molar-refractivity contribution in [3.05, 3.63) is 11.1 Å². The van der Waals surface area contributed by atoms with Crippen LogP contribution in [-0.2, 0) is 9.53 Å². The van der Waals surface area contributed by atoms with Crippen LogP contribution < -0.4 is 0 Å². The molecule has 1 saturated heterocycles. The van der Waals surface area contributed by atoms with Crippen LogP contribution in [0.4, 0.5) is 0 Å². The van der Waals surface area contributed by atoms with Crippen LogP contribution in [0.5, 0.6) is 0 Å². The van der Waals surface area contributed by atoms with Gasteiger partial charge in [-0.15, -0.1) is 0 Å². The molecule has 2 bridgehead atoms. The summed E-state index contributed by atoms with van der Waals surface area (Å²) in [4.78, 5) is 12.2. The molecular formula is C15H19ClO3. The fourth-order valence-corrected chi connectivity index (χ4v) is 5.30. The predicted molar refractivity (Wildman–Crippen MR) is 70.4 cm³/mol. The summed E-state index contributed by atoms with van der Waals surface area (Å²) in [5.41, 5.74) is -0.586. The van der Waals surface area contributed by atoms with Gasteiger partial charge in [0.25, 0.3) is 0 Å². The first kappa shape index (κ1) is 12.2. The molecule has 3 unspecified atom stereocenters. The van der Waals surface area contributed by atoms with Crippen LogP contribution in [-0.4, -0.2) is 22.8 Å². The number of rotatable bonds is 0. The van der Waals surface area contributed by atoms with E-state index in [-0.39, 0.29) is 35.2 Å². The van der Waals surface area contributed by atoms with Gasteiger partial charge in [-0.3, -0.25) is 4.79 Å². The summed E-state index contributed by atoms with van der Waals surface area (Å²) < 4.78 is 5.70. The number of ether oxygens (including phenoxy) is 1. The van der Waals surface area contributed by atoms with Gasteiger partial charge in [-0.1, -0.05) is 17.7 Å². The van der Waals surface area contributed by atoms with Crippen molar-refractivity contribution in [2.45, 2.75) is 50.7 Å². The van der Waals surface area contributed by atoms with Crippen LogP contribution in [0.25, 0.3) is 0 Å². The van der Waals surface area contributed by atoms with Gasteiger partial charge in [0.05, 0.1) is 17.1 Å². The summed E-state index contributed by atoms with van der Waals surface area (Å²) in [7, 11) is 0. The number of aliphatic hydroxyl groups is 1. The zero-order valence-electron chi connectivity index (χ0n) is 11.1. The average molecular weight is 283 g/mol. The summed E-state index contributed by atoms with van der Waals surface area (Å²) in [6.07, 6.45) is 6.32. The molecule has 104 valence electrons. The van der Waals surface area contributed by atoms with E-state index in [1.54, 1.807) is 0 Å². The second kappa shape index (κ2) is 3.56. The first-order valence-corrected chi connectivity index (χ1v) is 7.65. The monoisotopic (exact) mass is 282 g/mol. The van der Waals surface area contributed by atoms with Gasteiger partial charge in [-0.25, -0.2) is 0 Å². The maximum Gasteiger partial charge on any atom is 0.310 e. The minimum Gasteiger partial charge on any atom is -0.453 e. The Bertz CT molecular complexity index is 482. The fraction of sp³-hybridized carbons (Fsp3) is 0.800. The molecule has 0 amide bonds. The highest BCUT2D eigenvalue weighted by Gasteiger charge is 2.71. The molecule has 3 fully saturated rings. The van der Waals surface area contributed by atoms with Crippen molar-refractivity contribution in [3.8, 4) is 0 Å². The summed E-state index contributed by atoms with van der Waals surface area (Å²) >= 11 is 6.44. The lowest BCUT2D eigenvalue weighted by molar-refractivity contribution is -0.147. The van der Waals surface area contributed by atoms with Crippen molar-refractivity contribution < 1.29 is 14.6 Å². The molecule has 1 aliphatic heterocycles. The number of halogens is 1. The molecular weight excluding hydrogens is 264 g/mol. The van der Waals surface area contributed by atoms with Gasteiger partial charge < -0.3 is 9.84 Å². The van der Waals surface area contributed by atoms with Crippen LogP contribution in [0.2, 0.25) is 0 Å². The van der Waals surface area contributed by atoms with Crippen molar-refractivity contribution in [1.82, 2.24) is 0 Å². The highest BCUT2D eigenvalue weighted by Crippen LogP contribution is 2.71. The van der Waals surface area contributed by atoms with E-state index in [1.807, 2.05) is 13.0 Å². The molecule has 4 rings (SSSR count). The second-order valence-electron chi connectivity index (χ2n) is 6.88. The van der Waals surface area contributed by atoms with E-state index in [1.165, 1.54) is 0 Å². The molecule has 1 spiro atoms. The number of aliphatic hydroxyl groups excluding tert-OH is 1. The fourth-order valence-electron chi connectivity index (χ4n) is 5.00. The van der Waals surface area contributed by atoms with Crippen LogP contribution in [0.1, 0.15) is 39.0 Å². The van der Waals surface area contributed by atoms with Gasteiger partial charge in [-0.2, -0.15) is 0 Å². The van der Waals surface area contributed by atoms with Gasteiger partial charge >= 0.3 is 5.97 Å². The summed E-state index contributed by atoms with van der Waals surface area (Å²) in [5.74, 6) is 0.160. The third-order valence-electron chi connectivity index (χ3n) is 5.95. The van der Waals surface area contributed by atoms with E-state index in [2.05, 4.69) is 0 Å². The van der Waals surface area contributed by atoms with Gasteiger partial charge in [-0.05, 0) is 44.4 Å². The maximum atomic E-state index is 12.2. The van der Waals surface area contributed by atoms with Crippen LogP contribution in [0.3, 0.4) is 0 Å². The standard InChI is InChI=1S/C15H19ClO3/c1-14-11(16)7-9-10(17)4-2-3-8(13(18)19-14)12(14)15(9)5-6-15/h7-10,12,17H,2-6H2,1H3/t8-,9?,10?,12?,14+/m1/s1. The zero-order chi connectivity index (χ0) is 13.4. The topological polar surface area (TPSA) is 46.5 Å². The highest BCUT2D eigenvalue weighted by molar-refractivity contribution is 6.31. The first-order valence-electron chi connectivity index (χ1n) is 7.28. The summed E-state index contributed by atoms with van der Waals surface area (Å²) in [6, 6.07) is 0. The van der Waals surface area contributed by atoms with Crippen molar-refractivity contribution in [2.24, 2.45) is 23.2 Å². The summed E-state index contributed by atoms with van der Waals surface area (Å²) in [6.45, 7) is 1.96. The Morgan fingerprint density at radius 2 is 2.16 bits per heavy atom. The molecule has 4 heteroatoms. The Morgan fingerprint density at radius 3 is 2.84 bits per heavy atom. The lowest BCUT2D eigenvalue weighted by Crippen LogP contribution is -2.50. The van der Waals surface area contributed by atoms with Crippen LogP contribution in [0.15, 0.2) is 11.1 Å². The van der Waals surface area contributed by atoms with E-state index in [9.17, 15) is 9.90 Å². The molecule has 1 heterocycles. The van der Waals surface area contributed by atoms with E-state index >= 15 is 0 Å². The third kappa shape index (κ3) is 1.36. The highest BCUT2D eigenvalue weighted by atomic mass is 35.5. The zero-order valence-corrected chi connectivity index (χ0v) is 11.8. The van der Waals surface area contributed by atoms with Crippen LogP contribution >= 0.6 is 11.6 Å². The Balaban J connectivity index is 1.91. The van der Waals surface area contributed by atoms with E-state index in [0.717, 1.165) is 32.1 Å². The Hall–Kier alpha value is -0.540. The molecule has 0 radical (unpaired) electrons. The van der Waals surface area contributed by atoms with Gasteiger partial charge in [0.2, 0.25) is 0 Å². The quantitative estimate of drug-likeness (QED) is 0.695. The number of hydrogen-bond donors (Lipinski definition) is 1. The van der Waals surface area contributed by atoms with E-state index < -0.39 is 5.60 Å². The number of carbonyl (C=O) groups is 1. The van der Waals surface area contributed by atoms with Crippen molar-refractivity contribution in [2.75, 3.05) is 0 Å². The molecule has 19 heavy (non-hydrogen) atoms. The Morgan fingerprint density at radius 1 is 1.42 bits per heavy atom. The number of carbonyl (C=O) groups excluding carboxylic acids is 1. The number of esters is 1. The predicted octanol–water partition coefficient (Wildman–Crippen LogP) is 2.61. The largest absolute Gasteiger partial charge is 0.453 e. The molecule has 1 N–H and O–H groups in total. The van der Waals surface area contributed by atoms with Crippen molar-refractivity contribution in [1.29, 1.82) is 0 Å². The maximum absolute atomic E-state index is 12.2. The van der Waals surface area contributed by atoms with E-state index in [4.69, 9.17) is 16.3 Å². The number of hydrogen-bond acceptors (Lipinski definition) is 3. The minimum atomic E-state index is -0.645. The SMILES string of the molecule is C[C@]12OC(=O)[C@@H]3CCCC(O)C(C=C1Cl)C1(CC1)C32. The van der Waals surface area contributed by atoms with E-state index in [0.29, 0.717) is 5.03 Å². The molecule has 0 aromatic carbocycles. The Kier molecular flexibility index (Phi) is 2.29. The summed E-state index contributed by atoms with van der Waals surface area (Å²) in [5, 5.41) is 11.1. The molecule has 4 aliphatic rings. The Labute approximate surface area is 118 Å². The smallest absolute Gasteiger partial charge is 0.310 e. The molecule has 3 aliphatic carbocycles. The second-order valence-corrected chi connectivity index (χ2v) is 7.29. The van der Waals surface area contributed by atoms with Crippen molar-refractivity contribution in [3.63, 3.8) is 0 Å². The lowest BCUT2D eigenvalue weighted by atomic mass is 9.59. The molecule has 5 atom stereocenters. The minimum absolute atomic E-state index is 0.0232. The van der Waals surface area contributed by atoms with Gasteiger partial charge in [0.1, 0.15) is 5.60 Å².